The van der Waals surface area contributed by atoms with E-state index in [1.165, 1.54) is 25.0 Å². The van der Waals surface area contributed by atoms with Crippen LogP contribution in [0, 0.1) is 5.82 Å². The predicted octanol–water partition coefficient (Wildman–Crippen LogP) is 3.31. The Morgan fingerprint density at radius 1 is 1.35 bits per heavy atom. The Labute approximate surface area is 117 Å². The van der Waals surface area contributed by atoms with Gasteiger partial charge in [-0.1, -0.05) is 11.3 Å². The number of nitrogens with zero attached hydrogens (tertiary/aromatic N) is 3. The maximum absolute atomic E-state index is 13.1. The van der Waals surface area contributed by atoms with Crippen molar-refractivity contribution < 1.29 is 8.81 Å². The Kier molecular flexibility index (Phi) is 2.66. The molecule has 4 rings (SSSR count). The SMILES string of the molecule is Fc1ccc2nc(NCc3nnc(C4CC4)s3)oc2c1. The summed E-state index contributed by atoms with van der Waals surface area (Å²) in [6.45, 7) is 0.514. The highest BCUT2D eigenvalue weighted by Crippen LogP contribution is 2.41. The van der Waals surface area contributed by atoms with Gasteiger partial charge in [0.2, 0.25) is 0 Å². The topological polar surface area (TPSA) is 63.8 Å². The summed E-state index contributed by atoms with van der Waals surface area (Å²) >= 11 is 1.62. The third-order valence-electron chi connectivity index (χ3n) is 3.15. The molecule has 1 aliphatic carbocycles. The van der Waals surface area contributed by atoms with Crippen molar-refractivity contribution in [1.82, 2.24) is 15.2 Å². The molecule has 0 bridgehead atoms. The number of anilines is 1. The van der Waals surface area contributed by atoms with E-state index in [4.69, 9.17) is 4.42 Å². The molecule has 0 unspecified atom stereocenters. The molecule has 1 aromatic carbocycles. The van der Waals surface area contributed by atoms with Crippen molar-refractivity contribution in [3.8, 4) is 0 Å². The quantitative estimate of drug-likeness (QED) is 0.798. The van der Waals surface area contributed by atoms with E-state index in [-0.39, 0.29) is 5.82 Å². The molecule has 2 heterocycles. The van der Waals surface area contributed by atoms with Gasteiger partial charge in [-0.2, -0.15) is 4.98 Å². The number of hydrogen-bond acceptors (Lipinski definition) is 6. The number of halogens is 1. The minimum atomic E-state index is -0.335. The van der Waals surface area contributed by atoms with Gasteiger partial charge in [0.05, 0.1) is 6.54 Å². The van der Waals surface area contributed by atoms with Crippen LogP contribution in [0.3, 0.4) is 0 Å². The van der Waals surface area contributed by atoms with E-state index in [2.05, 4.69) is 20.5 Å². The fraction of sp³-hybridized carbons (Fsp3) is 0.308. The minimum Gasteiger partial charge on any atom is -0.423 e. The average Bonchev–Trinajstić information content (AvgIpc) is 3.04. The van der Waals surface area contributed by atoms with Crippen LogP contribution in [-0.4, -0.2) is 15.2 Å². The Hall–Kier alpha value is -2.02. The molecule has 0 amide bonds. The number of fused-ring (bicyclic) bond motifs is 1. The molecule has 0 spiro atoms. The summed E-state index contributed by atoms with van der Waals surface area (Å²) in [5, 5.41) is 13.4. The zero-order chi connectivity index (χ0) is 13.5. The lowest BCUT2D eigenvalue weighted by Crippen LogP contribution is -1.98. The standard InChI is InChI=1S/C13H11FN4OS/c14-8-3-4-9-10(5-8)19-13(16-9)15-6-11-17-18-12(20-11)7-1-2-7/h3-5,7H,1-2,6H2,(H,15,16). The predicted molar refractivity (Wildman–Crippen MR) is 73.2 cm³/mol. The van der Waals surface area contributed by atoms with Crippen molar-refractivity contribution in [3.63, 3.8) is 0 Å². The molecule has 0 atom stereocenters. The number of nitrogens with one attached hydrogen (secondary N) is 1. The molecule has 3 aromatic rings. The molecule has 0 saturated heterocycles. The van der Waals surface area contributed by atoms with Gasteiger partial charge in [-0.25, -0.2) is 4.39 Å². The van der Waals surface area contributed by atoms with Crippen molar-refractivity contribution in [3.05, 3.63) is 34.0 Å². The zero-order valence-electron chi connectivity index (χ0n) is 10.5. The van der Waals surface area contributed by atoms with Crippen LogP contribution in [0.2, 0.25) is 0 Å². The molecule has 1 saturated carbocycles. The number of benzene rings is 1. The molecule has 5 nitrogen and oxygen atoms in total. The first-order chi connectivity index (χ1) is 9.78. The maximum atomic E-state index is 13.1. The summed E-state index contributed by atoms with van der Waals surface area (Å²) in [5.74, 6) is 0.284. The third-order valence-corrected chi connectivity index (χ3v) is 4.24. The highest BCUT2D eigenvalue weighted by atomic mass is 32.1. The van der Waals surface area contributed by atoms with Crippen LogP contribution in [0.1, 0.15) is 28.8 Å². The average molecular weight is 290 g/mol. The first-order valence-corrected chi connectivity index (χ1v) is 7.22. The smallest absolute Gasteiger partial charge is 0.296 e. The van der Waals surface area contributed by atoms with Gasteiger partial charge in [0.15, 0.2) is 5.58 Å². The molecule has 0 aliphatic heterocycles. The van der Waals surface area contributed by atoms with Crippen LogP contribution in [0.4, 0.5) is 10.4 Å². The minimum absolute atomic E-state index is 0.335. The van der Waals surface area contributed by atoms with Gasteiger partial charge in [-0.05, 0) is 25.0 Å². The molecule has 7 heteroatoms. The summed E-state index contributed by atoms with van der Waals surface area (Å²) in [6, 6.07) is 4.65. The monoisotopic (exact) mass is 290 g/mol. The molecular formula is C13H11FN4OS. The highest BCUT2D eigenvalue weighted by molar-refractivity contribution is 7.11. The van der Waals surface area contributed by atoms with Gasteiger partial charge in [0, 0.05) is 12.0 Å². The van der Waals surface area contributed by atoms with Crippen LogP contribution in [-0.2, 0) is 6.54 Å². The van der Waals surface area contributed by atoms with E-state index in [0.717, 1.165) is 10.0 Å². The lowest BCUT2D eigenvalue weighted by atomic mass is 10.3. The van der Waals surface area contributed by atoms with Crippen molar-refractivity contribution in [2.75, 3.05) is 5.32 Å². The van der Waals surface area contributed by atoms with Gasteiger partial charge in [-0.3, -0.25) is 0 Å². The van der Waals surface area contributed by atoms with E-state index in [9.17, 15) is 4.39 Å². The zero-order valence-corrected chi connectivity index (χ0v) is 11.3. The second kappa shape index (κ2) is 4.52. The fourth-order valence-electron chi connectivity index (χ4n) is 1.96. The number of aromatic nitrogens is 3. The van der Waals surface area contributed by atoms with Crippen molar-refractivity contribution >= 4 is 28.5 Å². The second-order valence-corrected chi connectivity index (χ2v) is 5.89. The van der Waals surface area contributed by atoms with Gasteiger partial charge in [-0.15, -0.1) is 10.2 Å². The van der Waals surface area contributed by atoms with Crippen molar-refractivity contribution in [2.24, 2.45) is 0 Å². The summed E-state index contributed by atoms with van der Waals surface area (Å²) in [7, 11) is 0. The van der Waals surface area contributed by atoms with E-state index in [0.29, 0.717) is 29.6 Å². The summed E-state index contributed by atoms with van der Waals surface area (Å²) in [5.41, 5.74) is 1.06. The lowest BCUT2D eigenvalue weighted by molar-refractivity contribution is 0.599. The number of oxazole rings is 1. The summed E-state index contributed by atoms with van der Waals surface area (Å²) in [6.07, 6.45) is 2.44. The highest BCUT2D eigenvalue weighted by Gasteiger charge is 2.27. The fourth-order valence-corrected chi connectivity index (χ4v) is 2.91. The first-order valence-electron chi connectivity index (χ1n) is 6.40. The van der Waals surface area contributed by atoms with Gasteiger partial charge in [0.25, 0.3) is 6.01 Å². The van der Waals surface area contributed by atoms with Crippen LogP contribution in [0.25, 0.3) is 11.1 Å². The van der Waals surface area contributed by atoms with Crippen molar-refractivity contribution in [2.45, 2.75) is 25.3 Å². The molecule has 1 N–H and O–H groups in total. The van der Waals surface area contributed by atoms with Crippen LogP contribution in [0.15, 0.2) is 22.6 Å². The lowest BCUT2D eigenvalue weighted by Gasteiger charge is -1.95. The molecule has 2 aromatic heterocycles. The van der Waals surface area contributed by atoms with Gasteiger partial charge in [0.1, 0.15) is 21.3 Å². The molecule has 1 fully saturated rings. The van der Waals surface area contributed by atoms with Crippen LogP contribution in [0.5, 0.6) is 0 Å². The molecular weight excluding hydrogens is 279 g/mol. The van der Waals surface area contributed by atoms with Crippen LogP contribution < -0.4 is 5.32 Å². The Morgan fingerprint density at radius 3 is 3.10 bits per heavy atom. The van der Waals surface area contributed by atoms with E-state index in [1.54, 1.807) is 17.4 Å². The largest absolute Gasteiger partial charge is 0.423 e. The molecule has 20 heavy (non-hydrogen) atoms. The van der Waals surface area contributed by atoms with E-state index in [1.807, 2.05) is 0 Å². The normalized spacial score (nSPS) is 14.8. The van der Waals surface area contributed by atoms with E-state index >= 15 is 0 Å². The van der Waals surface area contributed by atoms with Crippen LogP contribution >= 0.6 is 11.3 Å². The Balaban J connectivity index is 1.48. The Morgan fingerprint density at radius 2 is 2.25 bits per heavy atom. The molecule has 102 valence electrons. The number of hydrogen-bond donors (Lipinski definition) is 1. The van der Waals surface area contributed by atoms with Gasteiger partial charge >= 0.3 is 0 Å². The molecule has 1 aliphatic rings. The molecule has 0 radical (unpaired) electrons. The first kappa shape index (κ1) is 11.8. The maximum Gasteiger partial charge on any atom is 0.296 e. The third kappa shape index (κ3) is 2.24. The summed E-state index contributed by atoms with van der Waals surface area (Å²) in [4.78, 5) is 4.24. The summed E-state index contributed by atoms with van der Waals surface area (Å²) < 4.78 is 18.5. The Bertz CT molecular complexity index is 765. The van der Waals surface area contributed by atoms with E-state index < -0.39 is 0 Å². The number of rotatable bonds is 4. The second-order valence-electron chi connectivity index (χ2n) is 4.79. The van der Waals surface area contributed by atoms with Crippen molar-refractivity contribution in [1.29, 1.82) is 0 Å². The van der Waals surface area contributed by atoms with Gasteiger partial charge < -0.3 is 9.73 Å².